The summed E-state index contributed by atoms with van der Waals surface area (Å²) in [5, 5.41) is 8.93. The first-order valence-electron chi connectivity index (χ1n) is 9.13. The van der Waals surface area contributed by atoms with E-state index in [9.17, 15) is 4.39 Å². The monoisotopic (exact) mass is 394 g/mol. The number of nitrogens with one attached hydrogen (secondary N) is 2. The molecule has 3 aromatic rings. The molecule has 1 aromatic heterocycles. The molecule has 2 N–H and O–H groups in total. The van der Waals surface area contributed by atoms with Gasteiger partial charge in [-0.3, -0.25) is 4.98 Å². The second kappa shape index (κ2) is 7.60. The Balaban J connectivity index is 1.69. The van der Waals surface area contributed by atoms with Crippen LogP contribution in [0.3, 0.4) is 0 Å². The molecule has 0 saturated heterocycles. The van der Waals surface area contributed by atoms with E-state index in [1.807, 2.05) is 44.2 Å². The molecule has 2 aromatic carbocycles. The topological polar surface area (TPSA) is 49.3 Å². The summed E-state index contributed by atoms with van der Waals surface area (Å²) in [5.74, 6) is -0.266. The van der Waals surface area contributed by atoms with Gasteiger partial charge in [0.25, 0.3) is 0 Å². The number of anilines is 1. The van der Waals surface area contributed by atoms with Crippen LogP contribution in [0.25, 0.3) is 16.5 Å². The summed E-state index contributed by atoms with van der Waals surface area (Å²) in [5.41, 5.74) is 7.01. The van der Waals surface area contributed by atoms with Gasteiger partial charge < -0.3 is 10.7 Å². The van der Waals surface area contributed by atoms with Crippen molar-refractivity contribution >= 4 is 40.0 Å². The van der Waals surface area contributed by atoms with E-state index in [1.165, 1.54) is 6.07 Å². The van der Waals surface area contributed by atoms with E-state index in [-0.39, 0.29) is 17.9 Å². The Hall–Kier alpha value is -2.92. The first-order chi connectivity index (χ1) is 13.5. The second-order valence-corrected chi connectivity index (χ2v) is 7.31. The highest BCUT2D eigenvalue weighted by Gasteiger charge is 2.17. The molecular weight excluding hydrogens is 375 g/mol. The lowest BCUT2D eigenvalue weighted by Crippen LogP contribution is -2.22. The van der Waals surface area contributed by atoms with E-state index in [4.69, 9.17) is 11.6 Å². The fraction of sp³-hybridized carbons (Fsp3) is 0.182. The highest BCUT2D eigenvalue weighted by atomic mass is 35.5. The summed E-state index contributed by atoms with van der Waals surface area (Å²) in [6, 6.07) is 12.7. The Bertz CT molecular complexity index is 1090. The van der Waals surface area contributed by atoms with E-state index in [0.29, 0.717) is 10.6 Å². The van der Waals surface area contributed by atoms with Crippen LogP contribution in [0.15, 0.2) is 59.8 Å². The highest BCUT2D eigenvalue weighted by molar-refractivity contribution is 6.34. The van der Waals surface area contributed by atoms with E-state index < -0.39 is 0 Å². The van der Waals surface area contributed by atoms with Crippen molar-refractivity contribution < 1.29 is 4.39 Å². The van der Waals surface area contributed by atoms with Gasteiger partial charge in [0.2, 0.25) is 0 Å². The average molecular weight is 395 g/mol. The lowest BCUT2D eigenvalue weighted by molar-refractivity contribution is 0.600. The summed E-state index contributed by atoms with van der Waals surface area (Å²) in [6.07, 6.45) is 5.43. The molecule has 0 spiro atoms. The smallest absolute Gasteiger partial charge is 0.128 e. The highest BCUT2D eigenvalue weighted by Crippen LogP contribution is 2.33. The molecule has 0 aliphatic carbocycles. The molecule has 28 heavy (non-hydrogen) atoms. The minimum atomic E-state index is -0.292. The van der Waals surface area contributed by atoms with Gasteiger partial charge in [-0.25, -0.2) is 4.39 Å². The zero-order valence-corrected chi connectivity index (χ0v) is 16.3. The van der Waals surface area contributed by atoms with Crippen LogP contribution in [-0.2, 0) is 0 Å². The van der Waals surface area contributed by atoms with Crippen molar-refractivity contribution in [2.45, 2.75) is 25.9 Å². The predicted octanol–water partition coefficient (Wildman–Crippen LogP) is 5.56. The third-order valence-corrected chi connectivity index (χ3v) is 5.08. The molecule has 0 saturated carbocycles. The van der Waals surface area contributed by atoms with Crippen LogP contribution >= 0.6 is 11.6 Å². The van der Waals surface area contributed by atoms with Crippen molar-refractivity contribution in [1.82, 2.24) is 10.4 Å². The molecule has 142 valence electrons. The normalized spacial score (nSPS) is 17.1. The first-order valence-corrected chi connectivity index (χ1v) is 9.51. The molecule has 2 unspecified atom stereocenters. The lowest BCUT2D eigenvalue weighted by Gasteiger charge is -2.20. The first kappa shape index (κ1) is 18.4. The maximum atomic E-state index is 14.6. The van der Waals surface area contributed by atoms with E-state index in [1.54, 1.807) is 18.5 Å². The molecule has 2 atom stereocenters. The molecule has 0 fully saturated rings. The van der Waals surface area contributed by atoms with E-state index >= 15 is 0 Å². The number of rotatable bonds is 4. The molecule has 0 radical (unpaired) electrons. The van der Waals surface area contributed by atoms with Crippen molar-refractivity contribution in [3.05, 3.63) is 76.7 Å². The Morgan fingerprint density at radius 2 is 2.04 bits per heavy atom. The average Bonchev–Trinajstić information content (AvgIpc) is 2.70. The van der Waals surface area contributed by atoms with Crippen molar-refractivity contribution in [2.24, 2.45) is 5.10 Å². The zero-order valence-electron chi connectivity index (χ0n) is 15.6. The fourth-order valence-corrected chi connectivity index (χ4v) is 3.56. The predicted molar refractivity (Wildman–Crippen MR) is 114 cm³/mol. The van der Waals surface area contributed by atoms with Crippen LogP contribution < -0.4 is 10.7 Å². The largest absolute Gasteiger partial charge is 0.377 e. The molecule has 1 aliphatic rings. The standard InChI is InChI=1S/C22H20ClFN4/c1-13-9-16(11-26-28-13)15-7-8-20(24)18(10-15)14(2)27-22-17-5-3-4-6-21(17)25-12-19(22)23/h3-14,28H,1-2H3,(H,25,27). The molecule has 2 heterocycles. The van der Waals surface area contributed by atoms with Gasteiger partial charge in [0, 0.05) is 17.1 Å². The van der Waals surface area contributed by atoms with E-state index in [2.05, 4.69) is 26.9 Å². The molecule has 4 rings (SSSR count). The third kappa shape index (κ3) is 3.58. The Morgan fingerprint density at radius 3 is 2.86 bits per heavy atom. The zero-order chi connectivity index (χ0) is 19.7. The summed E-state index contributed by atoms with van der Waals surface area (Å²) in [4.78, 5) is 4.35. The molecule has 4 nitrogen and oxygen atoms in total. The van der Waals surface area contributed by atoms with Crippen LogP contribution in [0.2, 0.25) is 5.02 Å². The van der Waals surface area contributed by atoms with Gasteiger partial charge in [0.15, 0.2) is 0 Å². The number of hydrogen-bond donors (Lipinski definition) is 2. The summed E-state index contributed by atoms with van der Waals surface area (Å²) >= 11 is 6.39. The summed E-state index contributed by atoms with van der Waals surface area (Å²) in [7, 11) is 0. The van der Waals surface area contributed by atoms with Gasteiger partial charge in [0.1, 0.15) is 5.82 Å². The maximum Gasteiger partial charge on any atom is 0.128 e. The summed E-state index contributed by atoms with van der Waals surface area (Å²) < 4.78 is 14.6. The number of benzene rings is 2. The minimum absolute atomic E-state index is 0.131. The van der Waals surface area contributed by atoms with Gasteiger partial charge in [-0.15, -0.1) is 0 Å². The minimum Gasteiger partial charge on any atom is -0.377 e. The Kier molecular flexibility index (Phi) is 5.01. The molecule has 0 amide bonds. The van der Waals surface area contributed by atoms with Crippen molar-refractivity contribution in [3.8, 4) is 0 Å². The number of halogens is 2. The number of aromatic nitrogens is 1. The van der Waals surface area contributed by atoms with Crippen LogP contribution in [0.1, 0.15) is 31.0 Å². The molecule has 0 bridgehead atoms. The van der Waals surface area contributed by atoms with Gasteiger partial charge >= 0.3 is 0 Å². The van der Waals surface area contributed by atoms with Gasteiger partial charge in [-0.2, -0.15) is 5.10 Å². The Labute approximate surface area is 168 Å². The van der Waals surface area contributed by atoms with Crippen LogP contribution in [0, 0.1) is 5.82 Å². The maximum absolute atomic E-state index is 14.6. The fourth-order valence-electron chi connectivity index (χ4n) is 3.36. The molecule has 6 heteroatoms. The third-order valence-electron chi connectivity index (χ3n) is 4.80. The van der Waals surface area contributed by atoms with Crippen molar-refractivity contribution in [2.75, 3.05) is 5.32 Å². The molecule has 1 aliphatic heterocycles. The van der Waals surface area contributed by atoms with Crippen molar-refractivity contribution in [1.29, 1.82) is 0 Å². The number of para-hydroxylation sites is 1. The lowest BCUT2D eigenvalue weighted by atomic mass is 9.98. The van der Waals surface area contributed by atoms with Gasteiger partial charge in [0.05, 0.1) is 34.5 Å². The van der Waals surface area contributed by atoms with Crippen LogP contribution in [0.5, 0.6) is 0 Å². The van der Waals surface area contributed by atoms with Crippen LogP contribution in [0.4, 0.5) is 10.1 Å². The van der Waals surface area contributed by atoms with Gasteiger partial charge in [-0.05, 0) is 43.2 Å². The number of hydrogen-bond acceptors (Lipinski definition) is 4. The number of hydrazone groups is 1. The van der Waals surface area contributed by atoms with Crippen molar-refractivity contribution in [3.63, 3.8) is 0 Å². The van der Waals surface area contributed by atoms with Crippen LogP contribution in [-0.4, -0.2) is 17.2 Å². The summed E-state index contributed by atoms with van der Waals surface area (Å²) in [6.45, 7) is 3.93. The molecular formula is C22H20ClFN4. The number of pyridine rings is 1. The number of allylic oxidation sites excluding steroid dienone is 1. The number of fused-ring (bicyclic) bond motifs is 1. The SMILES string of the molecule is CC1C=C(c2ccc(F)c(C(C)Nc3c(Cl)cnc4ccccc34)c2)C=NN1. The number of nitrogens with zero attached hydrogens (tertiary/aromatic N) is 2. The Morgan fingerprint density at radius 1 is 1.21 bits per heavy atom. The van der Waals surface area contributed by atoms with Gasteiger partial charge in [-0.1, -0.05) is 41.9 Å². The quantitative estimate of drug-likeness (QED) is 0.609. The second-order valence-electron chi connectivity index (χ2n) is 6.90. The van der Waals surface area contributed by atoms with E-state index in [0.717, 1.165) is 27.7 Å².